The van der Waals surface area contributed by atoms with Crippen LogP contribution in [0.4, 0.5) is 0 Å². The van der Waals surface area contributed by atoms with Crippen LogP contribution in [0.2, 0.25) is 0 Å². The molecule has 0 aromatic carbocycles. The quantitative estimate of drug-likeness (QED) is 0.493. The van der Waals surface area contributed by atoms with Crippen molar-refractivity contribution < 1.29 is 9.53 Å². The fourth-order valence-electron chi connectivity index (χ4n) is 1.65. The summed E-state index contributed by atoms with van der Waals surface area (Å²) in [5, 5.41) is 0. The summed E-state index contributed by atoms with van der Waals surface area (Å²) in [6.45, 7) is 12.0. The number of methoxy groups -OCH3 is 1. The molecule has 0 amide bonds. The Labute approximate surface area is 111 Å². The van der Waals surface area contributed by atoms with Crippen LogP contribution in [-0.2, 0) is 9.53 Å². The van der Waals surface area contributed by atoms with Crippen LogP contribution in [0.1, 0.15) is 47.0 Å². The Hall–Kier alpha value is -1.31. The second-order valence-electron chi connectivity index (χ2n) is 5.03. The van der Waals surface area contributed by atoms with E-state index in [-0.39, 0.29) is 11.9 Å². The van der Waals surface area contributed by atoms with E-state index in [0.717, 1.165) is 18.4 Å². The van der Waals surface area contributed by atoms with Gasteiger partial charge in [0, 0.05) is 0 Å². The van der Waals surface area contributed by atoms with E-state index >= 15 is 0 Å². The largest absolute Gasteiger partial charge is 0.469 e. The summed E-state index contributed by atoms with van der Waals surface area (Å²) in [4.78, 5) is 11.5. The third-order valence-corrected chi connectivity index (χ3v) is 2.87. The number of ether oxygens (including phenoxy) is 1. The van der Waals surface area contributed by atoms with Gasteiger partial charge in [0.15, 0.2) is 0 Å². The Balaban J connectivity index is 4.36. The minimum absolute atomic E-state index is 0.198. The van der Waals surface area contributed by atoms with Gasteiger partial charge in [0.1, 0.15) is 0 Å². The van der Waals surface area contributed by atoms with E-state index in [1.54, 1.807) is 0 Å². The number of hydrogen-bond acceptors (Lipinski definition) is 2. The van der Waals surface area contributed by atoms with Gasteiger partial charge >= 0.3 is 5.97 Å². The second kappa shape index (κ2) is 8.73. The van der Waals surface area contributed by atoms with Crippen LogP contribution < -0.4 is 0 Å². The first kappa shape index (κ1) is 16.7. The molecule has 18 heavy (non-hydrogen) atoms. The monoisotopic (exact) mass is 250 g/mol. The van der Waals surface area contributed by atoms with E-state index in [4.69, 9.17) is 4.74 Å². The van der Waals surface area contributed by atoms with Crippen LogP contribution in [0, 0.1) is 5.92 Å². The summed E-state index contributed by atoms with van der Waals surface area (Å²) in [6.07, 6.45) is 7.13. The van der Waals surface area contributed by atoms with Crippen molar-refractivity contribution in [1.29, 1.82) is 0 Å². The molecule has 0 aliphatic carbocycles. The van der Waals surface area contributed by atoms with Crippen molar-refractivity contribution in [3.8, 4) is 0 Å². The molecule has 0 fully saturated rings. The van der Waals surface area contributed by atoms with E-state index in [2.05, 4.69) is 39.5 Å². The SMILES string of the molecule is C=C(C)C(C/C=C(\C)CCC=C(C)C)C(=O)OC. The van der Waals surface area contributed by atoms with Gasteiger partial charge in [0.25, 0.3) is 0 Å². The second-order valence-corrected chi connectivity index (χ2v) is 5.03. The highest BCUT2D eigenvalue weighted by molar-refractivity contribution is 5.75. The third kappa shape index (κ3) is 7.10. The van der Waals surface area contributed by atoms with Crippen LogP contribution in [0.3, 0.4) is 0 Å². The summed E-state index contributed by atoms with van der Waals surface area (Å²) < 4.78 is 4.78. The van der Waals surface area contributed by atoms with Crippen molar-refractivity contribution in [2.24, 2.45) is 5.92 Å². The zero-order valence-electron chi connectivity index (χ0n) is 12.4. The van der Waals surface area contributed by atoms with E-state index in [0.29, 0.717) is 6.42 Å². The van der Waals surface area contributed by atoms with Crippen LogP contribution >= 0.6 is 0 Å². The summed E-state index contributed by atoms with van der Waals surface area (Å²) in [5.74, 6) is -0.413. The van der Waals surface area contributed by atoms with Gasteiger partial charge in [-0.1, -0.05) is 35.5 Å². The van der Waals surface area contributed by atoms with Gasteiger partial charge in [-0.15, -0.1) is 0 Å². The summed E-state index contributed by atoms with van der Waals surface area (Å²) in [6, 6.07) is 0. The molecule has 0 bridgehead atoms. The van der Waals surface area contributed by atoms with Crippen molar-refractivity contribution in [2.75, 3.05) is 7.11 Å². The highest BCUT2D eigenvalue weighted by Gasteiger charge is 2.18. The predicted octanol–water partition coefficient (Wildman–Crippen LogP) is 4.43. The molecule has 1 atom stereocenters. The Kier molecular flexibility index (Phi) is 8.10. The molecule has 102 valence electrons. The smallest absolute Gasteiger partial charge is 0.313 e. The maximum Gasteiger partial charge on any atom is 0.313 e. The fraction of sp³-hybridized carbons (Fsp3) is 0.562. The van der Waals surface area contributed by atoms with Crippen LogP contribution in [0.5, 0.6) is 0 Å². The summed E-state index contributed by atoms with van der Waals surface area (Å²) in [5.41, 5.74) is 3.51. The number of esters is 1. The molecule has 2 nitrogen and oxygen atoms in total. The molecule has 0 heterocycles. The highest BCUT2D eigenvalue weighted by Crippen LogP contribution is 2.18. The van der Waals surface area contributed by atoms with Crippen molar-refractivity contribution in [2.45, 2.75) is 47.0 Å². The van der Waals surface area contributed by atoms with Gasteiger partial charge in [-0.25, -0.2) is 0 Å². The van der Waals surface area contributed by atoms with Gasteiger partial charge in [-0.2, -0.15) is 0 Å². The third-order valence-electron chi connectivity index (χ3n) is 2.87. The molecule has 2 heteroatoms. The molecule has 0 saturated heterocycles. The van der Waals surface area contributed by atoms with Crippen LogP contribution in [0.25, 0.3) is 0 Å². The van der Waals surface area contributed by atoms with Gasteiger partial charge in [-0.05, 0) is 47.0 Å². The number of rotatable bonds is 7. The molecule has 0 rings (SSSR count). The minimum atomic E-state index is -0.214. The number of allylic oxidation sites excluding steroid dienone is 4. The van der Waals surface area contributed by atoms with Crippen molar-refractivity contribution in [1.82, 2.24) is 0 Å². The molecular weight excluding hydrogens is 224 g/mol. The van der Waals surface area contributed by atoms with Gasteiger partial charge in [0.05, 0.1) is 13.0 Å². The minimum Gasteiger partial charge on any atom is -0.469 e. The first-order chi connectivity index (χ1) is 8.38. The van der Waals surface area contributed by atoms with E-state index < -0.39 is 0 Å². The molecule has 0 spiro atoms. The molecule has 1 unspecified atom stereocenters. The normalized spacial score (nSPS) is 12.8. The Morgan fingerprint density at radius 2 is 1.83 bits per heavy atom. The lowest BCUT2D eigenvalue weighted by Crippen LogP contribution is -2.16. The standard InChI is InChI=1S/C16H26O2/c1-12(2)8-7-9-14(5)10-11-15(13(3)4)16(17)18-6/h8,10,15H,3,7,9,11H2,1-2,4-6H3/b14-10+. The Morgan fingerprint density at radius 3 is 2.28 bits per heavy atom. The maximum absolute atomic E-state index is 11.5. The van der Waals surface area contributed by atoms with Crippen LogP contribution in [-0.4, -0.2) is 13.1 Å². The van der Waals surface area contributed by atoms with E-state index in [1.165, 1.54) is 18.3 Å². The van der Waals surface area contributed by atoms with Crippen molar-refractivity contribution in [3.05, 3.63) is 35.5 Å². The van der Waals surface area contributed by atoms with Crippen molar-refractivity contribution in [3.63, 3.8) is 0 Å². The lowest BCUT2D eigenvalue weighted by Gasteiger charge is -2.12. The number of carbonyl (C=O) groups is 1. The average molecular weight is 250 g/mol. The number of carbonyl (C=O) groups excluding carboxylic acids is 1. The Morgan fingerprint density at radius 1 is 1.22 bits per heavy atom. The average Bonchev–Trinajstić information content (AvgIpc) is 2.27. The van der Waals surface area contributed by atoms with Crippen LogP contribution in [0.15, 0.2) is 35.5 Å². The fourth-order valence-corrected chi connectivity index (χ4v) is 1.65. The molecule has 0 N–H and O–H groups in total. The first-order valence-corrected chi connectivity index (χ1v) is 6.40. The van der Waals surface area contributed by atoms with Crippen molar-refractivity contribution >= 4 is 5.97 Å². The molecule has 0 radical (unpaired) electrons. The summed E-state index contributed by atoms with van der Waals surface area (Å²) in [7, 11) is 1.42. The molecule has 0 aromatic heterocycles. The van der Waals surface area contributed by atoms with Gasteiger partial charge in [0.2, 0.25) is 0 Å². The van der Waals surface area contributed by atoms with E-state index in [1.807, 2.05) is 6.92 Å². The van der Waals surface area contributed by atoms with Gasteiger partial charge in [-0.3, -0.25) is 4.79 Å². The summed E-state index contributed by atoms with van der Waals surface area (Å²) >= 11 is 0. The first-order valence-electron chi connectivity index (χ1n) is 6.40. The molecule has 0 aliphatic rings. The topological polar surface area (TPSA) is 26.3 Å². The highest BCUT2D eigenvalue weighted by atomic mass is 16.5. The molecular formula is C16H26O2. The zero-order valence-corrected chi connectivity index (χ0v) is 12.4. The molecule has 0 saturated carbocycles. The Bertz CT molecular complexity index is 344. The zero-order chi connectivity index (χ0) is 14.1. The maximum atomic E-state index is 11.5. The molecule has 0 aromatic rings. The van der Waals surface area contributed by atoms with Gasteiger partial charge < -0.3 is 4.74 Å². The molecule has 0 aliphatic heterocycles. The predicted molar refractivity (Wildman–Crippen MR) is 77.4 cm³/mol. The number of hydrogen-bond donors (Lipinski definition) is 0. The van der Waals surface area contributed by atoms with E-state index in [9.17, 15) is 4.79 Å². The lowest BCUT2D eigenvalue weighted by molar-refractivity contribution is -0.143. The lowest BCUT2D eigenvalue weighted by atomic mass is 9.96.